The quantitative estimate of drug-likeness (QED) is 0.178. The van der Waals surface area contributed by atoms with E-state index in [0.717, 1.165) is 22.4 Å². The molecule has 258 valence electrons. The van der Waals surface area contributed by atoms with Gasteiger partial charge in [-0.25, -0.2) is 12.4 Å². The molecule has 5 rings (SSSR count). The van der Waals surface area contributed by atoms with E-state index in [1.54, 1.807) is 17.5 Å². The number of hydrogen-bond donors (Lipinski definition) is 0. The van der Waals surface area contributed by atoms with Crippen LogP contribution in [0.25, 0.3) is 21.7 Å². The average molecular weight is 668 g/mol. The van der Waals surface area contributed by atoms with E-state index in [4.69, 9.17) is 0 Å². The van der Waals surface area contributed by atoms with Gasteiger partial charge in [-0.15, -0.1) is 0 Å². The third-order valence-electron chi connectivity index (χ3n) is 5.88. The second-order valence-electron chi connectivity index (χ2n) is 12.7. The maximum absolute atomic E-state index is 11.8. The van der Waals surface area contributed by atoms with Gasteiger partial charge in [0.15, 0.2) is 0 Å². The second kappa shape index (κ2) is 22.6. The molecule has 0 spiro atoms. The molecule has 46 heavy (non-hydrogen) atoms. The van der Waals surface area contributed by atoms with Crippen LogP contribution in [0, 0.1) is 5.92 Å². The molecule has 0 fully saturated rings. The molecular formula is C41H65NO2S2. The van der Waals surface area contributed by atoms with Gasteiger partial charge in [0.1, 0.15) is 0 Å². The van der Waals surface area contributed by atoms with Gasteiger partial charge in [0, 0.05) is 11.6 Å². The lowest BCUT2D eigenvalue weighted by Gasteiger charge is -2.19. The number of aromatic nitrogens is 1. The van der Waals surface area contributed by atoms with Crippen LogP contribution >= 0.6 is 11.3 Å². The Balaban J connectivity index is 0. The molecule has 0 saturated heterocycles. The van der Waals surface area contributed by atoms with Crippen molar-refractivity contribution in [3.05, 3.63) is 107 Å². The Labute approximate surface area is 288 Å². The van der Waals surface area contributed by atoms with Crippen LogP contribution in [0.1, 0.15) is 115 Å². The number of thiophene rings is 1. The molecule has 2 heterocycles. The molecule has 0 amide bonds. The topological polar surface area (TPSA) is 39.1 Å². The van der Waals surface area contributed by atoms with E-state index in [-0.39, 0.29) is 10.8 Å². The van der Waals surface area contributed by atoms with Crippen LogP contribution < -0.4 is 0 Å². The largest absolute Gasteiger partial charge is 0.245 e. The summed E-state index contributed by atoms with van der Waals surface area (Å²) in [5, 5.41) is 7.74. The van der Waals surface area contributed by atoms with Crippen LogP contribution in [0.2, 0.25) is 0 Å². The zero-order valence-corrected chi connectivity index (χ0v) is 33.5. The first-order chi connectivity index (χ1) is 21.5. The highest BCUT2D eigenvalue weighted by molar-refractivity contribution is 7.89. The highest BCUT2D eigenvalue weighted by Crippen LogP contribution is 2.32. The van der Waals surface area contributed by atoms with Gasteiger partial charge in [-0.05, 0) is 55.5 Å². The summed E-state index contributed by atoms with van der Waals surface area (Å²) < 4.78 is 24.9. The van der Waals surface area contributed by atoms with Gasteiger partial charge in [-0.1, -0.05) is 177 Å². The van der Waals surface area contributed by atoms with Gasteiger partial charge in [0.2, 0.25) is 10.0 Å². The number of fused-ring (bicyclic) bond motifs is 2. The molecular weight excluding hydrogens is 603 g/mol. The predicted molar refractivity (Wildman–Crippen MR) is 212 cm³/mol. The SMILES string of the molecule is CC.CC.CC.CC(C)(C)c1ccc2ccccc2c1.CC(C)(C)c1cn(S(C)(=O)=O)c2ccccc12.CC(C)C.c1ccsc1. The Morgan fingerprint density at radius 3 is 1.50 bits per heavy atom. The summed E-state index contributed by atoms with van der Waals surface area (Å²) in [4.78, 5) is 0. The van der Waals surface area contributed by atoms with Gasteiger partial charge in [0.25, 0.3) is 0 Å². The van der Waals surface area contributed by atoms with E-state index in [2.05, 4.69) is 105 Å². The Hall–Kier alpha value is -2.89. The molecule has 0 radical (unpaired) electrons. The van der Waals surface area contributed by atoms with Crippen molar-refractivity contribution in [1.82, 2.24) is 3.97 Å². The third kappa shape index (κ3) is 16.6. The van der Waals surface area contributed by atoms with Crippen molar-refractivity contribution in [2.45, 2.75) is 115 Å². The van der Waals surface area contributed by atoms with Crippen molar-refractivity contribution < 1.29 is 8.42 Å². The van der Waals surface area contributed by atoms with Gasteiger partial charge in [-0.2, -0.15) is 11.3 Å². The van der Waals surface area contributed by atoms with E-state index in [0.29, 0.717) is 0 Å². The van der Waals surface area contributed by atoms with E-state index < -0.39 is 10.0 Å². The van der Waals surface area contributed by atoms with Crippen LogP contribution in [-0.2, 0) is 20.9 Å². The van der Waals surface area contributed by atoms with E-state index >= 15 is 0 Å². The summed E-state index contributed by atoms with van der Waals surface area (Å²) in [6.07, 6.45) is 2.96. The Bertz CT molecular complexity index is 1540. The first-order valence-electron chi connectivity index (χ1n) is 16.8. The molecule has 5 aromatic rings. The normalized spacial score (nSPS) is 10.5. The lowest BCUT2D eigenvalue weighted by atomic mass is 9.86. The van der Waals surface area contributed by atoms with Crippen molar-refractivity contribution in [3.8, 4) is 0 Å². The molecule has 2 aromatic heterocycles. The molecule has 3 aromatic carbocycles. The molecule has 0 aliphatic heterocycles. The molecule has 0 saturated carbocycles. The minimum atomic E-state index is -3.25. The summed E-state index contributed by atoms with van der Waals surface area (Å²) in [6.45, 7) is 31.5. The fourth-order valence-electron chi connectivity index (χ4n) is 3.90. The predicted octanol–water partition coefficient (Wildman–Crippen LogP) is 13.4. The Kier molecular flexibility index (Phi) is 22.2. The Morgan fingerprint density at radius 1 is 0.630 bits per heavy atom. The molecule has 0 aliphatic carbocycles. The van der Waals surface area contributed by atoms with Crippen molar-refractivity contribution in [2.24, 2.45) is 5.92 Å². The smallest absolute Gasteiger partial charge is 0.236 e. The number of para-hydroxylation sites is 1. The van der Waals surface area contributed by atoms with Crippen LogP contribution in [0.4, 0.5) is 0 Å². The van der Waals surface area contributed by atoms with Crippen LogP contribution in [0.15, 0.2) is 95.8 Å². The van der Waals surface area contributed by atoms with Crippen LogP contribution in [0.5, 0.6) is 0 Å². The third-order valence-corrected chi connectivity index (χ3v) is 7.53. The molecule has 5 heteroatoms. The summed E-state index contributed by atoms with van der Waals surface area (Å²) in [5.74, 6) is 0.833. The van der Waals surface area contributed by atoms with E-state index in [1.807, 2.05) is 88.7 Å². The summed E-state index contributed by atoms with van der Waals surface area (Å²) >= 11 is 1.71. The number of nitrogens with zero attached hydrogens (tertiary/aromatic N) is 1. The zero-order valence-electron chi connectivity index (χ0n) is 31.9. The van der Waals surface area contributed by atoms with Crippen LogP contribution in [0.3, 0.4) is 0 Å². The zero-order chi connectivity index (χ0) is 36.1. The lowest BCUT2D eigenvalue weighted by molar-refractivity contribution is 0.587. The average Bonchev–Trinajstić information content (AvgIpc) is 3.72. The Morgan fingerprint density at radius 2 is 1.09 bits per heavy atom. The van der Waals surface area contributed by atoms with E-state index in [1.165, 1.54) is 26.6 Å². The minimum Gasteiger partial charge on any atom is -0.245 e. The van der Waals surface area contributed by atoms with Gasteiger partial charge < -0.3 is 0 Å². The summed E-state index contributed by atoms with van der Waals surface area (Å²) in [6, 6.07) is 26.9. The van der Waals surface area contributed by atoms with Crippen molar-refractivity contribution in [2.75, 3.05) is 6.26 Å². The maximum atomic E-state index is 11.8. The molecule has 0 atom stereocenters. The van der Waals surface area contributed by atoms with Gasteiger partial charge >= 0.3 is 0 Å². The number of benzene rings is 3. The second-order valence-corrected chi connectivity index (χ2v) is 15.4. The molecule has 0 unspecified atom stereocenters. The molecule has 0 aliphatic rings. The van der Waals surface area contributed by atoms with Crippen molar-refractivity contribution in [3.63, 3.8) is 0 Å². The van der Waals surface area contributed by atoms with Crippen molar-refractivity contribution >= 4 is 43.0 Å². The molecule has 3 nitrogen and oxygen atoms in total. The molecule has 0 bridgehead atoms. The lowest BCUT2D eigenvalue weighted by Crippen LogP contribution is -2.11. The summed E-state index contributed by atoms with van der Waals surface area (Å²) in [5.41, 5.74) is 3.37. The fraction of sp³-hybridized carbons (Fsp3) is 0.463. The van der Waals surface area contributed by atoms with Gasteiger partial charge in [0.05, 0.1) is 11.8 Å². The highest BCUT2D eigenvalue weighted by Gasteiger charge is 2.22. The summed E-state index contributed by atoms with van der Waals surface area (Å²) in [7, 11) is -3.25. The molecule has 0 N–H and O–H groups in total. The standard InChI is InChI=1S/C14H16.C13H17NO2S.C4H4S.C4H10.3C2H6/c1-14(2,3)13-9-8-11-6-4-5-7-12(11)10-13;1-13(2,3)11-9-14(17(4,15)16)12-8-6-5-7-10(11)12;1-2-4-5-3-1;1-4(2)3;3*1-2/h4-10H,1-3H3;5-9H,1-4H3;1-4H;4H,1-3H3;3*1-2H3. The minimum absolute atomic E-state index is 0.0739. The number of hydrogen-bond acceptors (Lipinski definition) is 3. The van der Waals surface area contributed by atoms with Crippen LogP contribution in [-0.4, -0.2) is 18.6 Å². The van der Waals surface area contributed by atoms with Gasteiger partial charge in [-0.3, -0.25) is 0 Å². The highest BCUT2D eigenvalue weighted by atomic mass is 32.2. The number of rotatable bonds is 1. The first kappa shape index (κ1) is 45.2. The monoisotopic (exact) mass is 667 g/mol. The van der Waals surface area contributed by atoms with E-state index in [9.17, 15) is 8.42 Å². The fourth-order valence-corrected chi connectivity index (χ4v) is 5.17. The maximum Gasteiger partial charge on any atom is 0.236 e. The first-order valence-corrected chi connectivity index (χ1v) is 19.6. The van der Waals surface area contributed by atoms with Crippen molar-refractivity contribution in [1.29, 1.82) is 0 Å².